The van der Waals surface area contributed by atoms with E-state index in [9.17, 15) is 27.9 Å². The van der Waals surface area contributed by atoms with Gasteiger partial charge >= 0.3 is 17.3 Å². The molecule has 2 aromatic heterocycles. The van der Waals surface area contributed by atoms with E-state index < -0.39 is 17.3 Å². The first-order valence-corrected chi connectivity index (χ1v) is 10.7. The number of aromatic nitrogens is 3. The number of halogens is 3. The van der Waals surface area contributed by atoms with Gasteiger partial charge in [0, 0.05) is 11.1 Å². The highest BCUT2D eigenvalue weighted by Gasteiger charge is 2.29. The van der Waals surface area contributed by atoms with Crippen LogP contribution < -0.4 is 11.0 Å². The zero-order valence-electron chi connectivity index (χ0n) is 17.5. The van der Waals surface area contributed by atoms with Crippen molar-refractivity contribution >= 4 is 23.7 Å². The van der Waals surface area contributed by atoms with E-state index >= 15 is 0 Å². The molecule has 12 heteroatoms. The Morgan fingerprint density at radius 3 is 2.64 bits per heavy atom. The van der Waals surface area contributed by atoms with Gasteiger partial charge in [-0.25, -0.2) is 19.1 Å². The standard InChI is InChI=1S/C21H21F3N4O4S/c1-2-3-10-32-19(30)26-17-11-14(8-9-25-17)12-27-13-18(29)28(20(27)31)15-4-6-16(7-5-15)33-21(22,23)24/h4-9,11,13,29H,2-3,10,12H2,1H3,(H,25,26,30). The number of amides is 1. The van der Waals surface area contributed by atoms with Crippen molar-refractivity contribution in [2.45, 2.75) is 36.7 Å². The van der Waals surface area contributed by atoms with Crippen LogP contribution in [0.3, 0.4) is 0 Å². The highest BCUT2D eigenvalue weighted by molar-refractivity contribution is 8.00. The molecular weight excluding hydrogens is 461 g/mol. The SMILES string of the molecule is CCCCOC(=O)Nc1cc(Cn2cc(O)n(-c3ccc(SC(F)(F)F)cc3)c2=O)ccn1. The molecule has 0 aliphatic carbocycles. The quantitative estimate of drug-likeness (QED) is 0.355. The molecule has 2 N–H and O–H groups in total. The second-order valence-corrected chi connectivity index (χ2v) is 8.08. The number of carbonyl (C=O) groups is 1. The van der Waals surface area contributed by atoms with Crippen LogP contribution in [0.4, 0.5) is 23.8 Å². The Labute approximate surface area is 191 Å². The topological polar surface area (TPSA) is 98.4 Å². The molecule has 0 fully saturated rings. The Balaban J connectivity index is 1.74. The average Bonchev–Trinajstić information content (AvgIpc) is 3.01. The molecular formula is C21H21F3N4O4S. The molecule has 33 heavy (non-hydrogen) atoms. The maximum atomic E-state index is 12.8. The predicted octanol–water partition coefficient (Wildman–Crippen LogP) is 4.75. The molecule has 0 spiro atoms. The maximum Gasteiger partial charge on any atom is 0.446 e. The molecule has 0 aliphatic heterocycles. The molecule has 0 bridgehead atoms. The zero-order chi connectivity index (χ0) is 24.0. The lowest BCUT2D eigenvalue weighted by atomic mass is 10.2. The van der Waals surface area contributed by atoms with Crippen molar-refractivity contribution in [1.29, 1.82) is 0 Å². The van der Waals surface area contributed by atoms with Gasteiger partial charge in [0.2, 0.25) is 5.88 Å². The van der Waals surface area contributed by atoms with Crippen LogP contribution >= 0.6 is 11.8 Å². The first kappa shape index (κ1) is 24.2. The van der Waals surface area contributed by atoms with E-state index in [0.29, 0.717) is 12.2 Å². The summed E-state index contributed by atoms with van der Waals surface area (Å²) >= 11 is -0.269. The highest BCUT2D eigenvalue weighted by Crippen LogP contribution is 2.37. The van der Waals surface area contributed by atoms with Gasteiger partial charge in [-0.15, -0.1) is 0 Å². The summed E-state index contributed by atoms with van der Waals surface area (Å²) in [5.41, 5.74) is -4.18. The van der Waals surface area contributed by atoms with E-state index in [0.717, 1.165) is 17.4 Å². The summed E-state index contributed by atoms with van der Waals surface area (Å²) in [4.78, 5) is 28.6. The fourth-order valence-electron chi connectivity index (χ4n) is 2.92. The largest absolute Gasteiger partial charge is 0.493 e. The third-order valence-corrected chi connectivity index (χ3v) is 5.14. The van der Waals surface area contributed by atoms with E-state index in [1.165, 1.54) is 41.2 Å². The van der Waals surface area contributed by atoms with E-state index in [4.69, 9.17) is 4.74 Å². The van der Waals surface area contributed by atoms with Gasteiger partial charge in [0.25, 0.3) is 0 Å². The van der Waals surface area contributed by atoms with Crippen LogP contribution in [0.25, 0.3) is 5.69 Å². The Hall–Kier alpha value is -3.41. The molecule has 3 rings (SSSR count). The predicted molar refractivity (Wildman–Crippen MR) is 117 cm³/mol. The van der Waals surface area contributed by atoms with Crippen LogP contribution in [0.1, 0.15) is 25.3 Å². The maximum absolute atomic E-state index is 12.8. The number of carbonyl (C=O) groups excluding carboxylic acids is 1. The summed E-state index contributed by atoms with van der Waals surface area (Å²) in [7, 11) is 0. The van der Waals surface area contributed by atoms with Gasteiger partial charge < -0.3 is 9.84 Å². The molecule has 0 atom stereocenters. The summed E-state index contributed by atoms with van der Waals surface area (Å²) in [5, 5.41) is 12.8. The number of benzene rings is 1. The normalized spacial score (nSPS) is 11.4. The summed E-state index contributed by atoms with van der Waals surface area (Å²) in [5.74, 6) is -0.133. The van der Waals surface area contributed by atoms with Crippen molar-refractivity contribution in [2.24, 2.45) is 0 Å². The minimum absolute atomic E-state index is 0.0387. The number of nitrogens with one attached hydrogen (secondary N) is 1. The molecule has 0 radical (unpaired) electrons. The Kier molecular flexibility index (Phi) is 7.69. The lowest BCUT2D eigenvalue weighted by molar-refractivity contribution is -0.0328. The molecule has 8 nitrogen and oxygen atoms in total. The van der Waals surface area contributed by atoms with Crippen molar-refractivity contribution in [3.8, 4) is 11.6 Å². The smallest absolute Gasteiger partial charge is 0.446 e. The van der Waals surface area contributed by atoms with E-state index in [1.807, 2.05) is 6.92 Å². The Morgan fingerprint density at radius 1 is 1.24 bits per heavy atom. The zero-order valence-corrected chi connectivity index (χ0v) is 18.3. The molecule has 176 valence electrons. The van der Waals surface area contributed by atoms with Crippen molar-refractivity contribution < 1.29 is 27.8 Å². The summed E-state index contributed by atoms with van der Waals surface area (Å²) in [6.07, 6.45) is 3.66. The molecule has 0 saturated heterocycles. The molecule has 3 aromatic rings. The molecule has 0 unspecified atom stereocenters. The number of anilines is 1. The number of unbranched alkanes of at least 4 members (excludes halogenated alkanes) is 1. The van der Waals surface area contributed by atoms with Crippen molar-refractivity contribution in [3.63, 3.8) is 0 Å². The van der Waals surface area contributed by atoms with Crippen molar-refractivity contribution in [1.82, 2.24) is 14.1 Å². The van der Waals surface area contributed by atoms with Gasteiger partial charge in [-0.2, -0.15) is 13.2 Å². The van der Waals surface area contributed by atoms with Crippen molar-refractivity contribution in [2.75, 3.05) is 11.9 Å². The molecule has 1 aromatic carbocycles. The third-order valence-electron chi connectivity index (χ3n) is 4.40. The lowest BCUT2D eigenvalue weighted by Gasteiger charge is -2.08. The number of ether oxygens (including phenoxy) is 1. The fourth-order valence-corrected chi connectivity index (χ4v) is 3.46. The van der Waals surface area contributed by atoms with Gasteiger partial charge in [0.1, 0.15) is 5.82 Å². The first-order chi connectivity index (χ1) is 15.7. The van der Waals surface area contributed by atoms with Crippen LogP contribution in [0, 0.1) is 0 Å². The van der Waals surface area contributed by atoms with Crippen LogP contribution in [0.15, 0.2) is 58.5 Å². The monoisotopic (exact) mass is 482 g/mol. The third kappa shape index (κ3) is 6.78. The number of nitrogens with zero attached hydrogens (tertiary/aromatic N) is 3. The van der Waals surface area contributed by atoms with Gasteiger partial charge in [0.15, 0.2) is 0 Å². The number of hydrogen-bond acceptors (Lipinski definition) is 6. The Morgan fingerprint density at radius 2 is 1.97 bits per heavy atom. The number of imidazole rings is 1. The van der Waals surface area contributed by atoms with Crippen LogP contribution in [0.5, 0.6) is 5.88 Å². The van der Waals surface area contributed by atoms with Crippen LogP contribution in [-0.2, 0) is 11.3 Å². The number of rotatable bonds is 8. The number of hydrogen-bond donors (Lipinski definition) is 2. The average molecular weight is 482 g/mol. The second-order valence-electron chi connectivity index (χ2n) is 6.94. The summed E-state index contributed by atoms with van der Waals surface area (Å²) in [6, 6.07) is 8.27. The number of thioether (sulfide) groups is 1. The van der Waals surface area contributed by atoms with E-state index in [1.54, 1.807) is 12.1 Å². The van der Waals surface area contributed by atoms with Gasteiger partial charge in [-0.1, -0.05) is 13.3 Å². The second kappa shape index (κ2) is 10.5. The van der Waals surface area contributed by atoms with Crippen LogP contribution in [0.2, 0.25) is 0 Å². The van der Waals surface area contributed by atoms with Crippen molar-refractivity contribution in [3.05, 3.63) is 64.8 Å². The lowest BCUT2D eigenvalue weighted by Crippen LogP contribution is -2.23. The van der Waals surface area contributed by atoms with Gasteiger partial charge in [-0.05, 0) is 60.1 Å². The Bertz CT molecular complexity index is 1160. The molecule has 0 aliphatic rings. The van der Waals surface area contributed by atoms with Crippen LogP contribution in [-0.4, -0.2) is 37.4 Å². The number of alkyl halides is 3. The molecule has 2 heterocycles. The minimum atomic E-state index is -4.42. The van der Waals surface area contributed by atoms with Gasteiger partial charge in [-0.3, -0.25) is 9.88 Å². The first-order valence-electron chi connectivity index (χ1n) is 9.92. The number of aromatic hydroxyl groups is 1. The highest BCUT2D eigenvalue weighted by atomic mass is 32.2. The molecule has 1 amide bonds. The minimum Gasteiger partial charge on any atom is -0.493 e. The number of pyridine rings is 1. The van der Waals surface area contributed by atoms with E-state index in [-0.39, 0.29) is 40.6 Å². The van der Waals surface area contributed by atoms with E-state index in [2.05, 4.69) is 10.3 Å². The fraction of sp³-hybridized carbons (Fsp3) is 0.286. The van der Waals surface area contributed by atoms with Gasteiger partial charge in [0.05, 0.1) is 25.0 Å². The summed E-state index contributed by atoms with van der Waals surface area (Å²) < 4.78 is 44.7. The molecule has 0 saturated carbocycles. The summed E-state index contributed by atoms with van der Waals surface area (Å²) in [6.45, 7) is 2.32.